The van der Waals surface area contributed by atoms with E-state index in [0.29, 0.717) is 0 Å². The molecule has 1 aliphatic heterocycles. The molecule has 46 valence electrons. The Labute approximate surface area is 53.4 Å². The van der Waals surface area contributed by atoms with Crippen molar-refractivity contribution in [3.05, 3.63) is 11.6 Å². The molecule has 2 radical (unpaired) electrons. The van der Waals surface area contributed by atoms with Crippen molar-refractivity contribution in [1.29, 1.82) is 0 Å². The van der Waals surface area contributed by atoms with Crippen LogP contribution in [0, 0.1) is 6.08 Å². The smallest absolute Gasteiger partial charge is 0.265 e. The molecule has 3 nitrogen and oxygen atoms in total. The maximum absolute atomic E-state index is 10.4. The minimum atomic E-state index is -0.391. The summed E-state index contributed by atoms with van der Waals surface area (Å²) in [5.41, 5.74) is 4.81. The van der Waals surface area contributed by atoms with Gasteiger partial charge in [-0.15, -0.1) is 5.43 Å². The molecule has 0 spiro atoms. The summed E-state index contributed by atoms with van der Waals surface area (Å²) in [5.74, 6) is -0.391. The third-order valence-corrected chi connectivity index (χ3v) is 1.13. The highest BCUT2D eigenvalue weighted by Crippen LogP contribution is 1.99. The second-order valence-corrected chi connectivity index (χ2v) is 1.84. The SMILES string of the molecule is CC1=[C]C(=O)[N]N=C1C. The number of hydrogen-bond acceptors (Lipinski definition) is 2. The summed E-state index contributed by atoms with van der Waals surface area (Å²) in [5, 5.41) is 3.58. The average molecular weight is 122 g/mol. The van der Waals surface area contributed by atoms with Gasteiger partial charge in [-0.25, -0.2) is 0 Å². The molecular formula is C6H6N2O. The van der Waals surface area contributed by atoms with Gasteiger partial charge in [0.15, 0.2) is 0 Å². The van der Waals surface area contributed by atoms with Crippen LogP contribution in [0.2, 0.25) is 0 Å². The van der Waals surface area contributed by atoms with E-state index in [0.717, 1.165) is 11.3 Å². The first-order valence-corrected chi connectivity index (χ1v) is 2.60. The van der Waals surface area contributed by atoms with E-state index in [1.165, 1.54) is 0 Å². The van der Waals surface area contributed by atoms with Crippen molar-refractivity contribution >= 4 is 11.6 Å². The van der Waals surface area contributed by atoms with Crippen molar-refractivity contribution < 1.29 is 4.79 Å². The molecule has 0 aromatic carbocycles. The minimum absolute atomic E-state index is 0.391. The monoisotopic (exact) mass is 122 g/mol. The maximum Gasteiger partial charge on any atom is 0.296 e. The van der Waals surface area contributed by atoms with Gasteiger partial charge < -0.3 is 0 Å². The zero-order chi connectivity index (χ0) is 6.85. The van der Waals surface area contributed by atoms with E-state index in [9.17, 15) is 4.79 Å². The molecule has 0 N–H and O–H groups in total. The molecule has 0 aromatic rings. The van der Waals surface area contributed by atoms with Crippen LogP contribution in [-0.2, 0) is 4.79 Å². The van der Waals surface area contributed by atoms with Gasteiger partial charge in [0.05, 0.1) is 11.8 Å². The molecule has 0 aliphatic carbocycles. The fourth-order valence-corrected chi connectivity index (χ4v) is 0.471. The maximum atomic E-state index is 10.4. The van der Waals surface area contributed by atoms with Gasteiger partial charge in [-0.1, -0.05) is 0 Å². The fourth-order valence-electron chi connectivity index (χ4n) is 0.471. The molecule has 1 rings (SSSR count). The Bertz CT molecular complexity index is 203. The number of amides is 1. The lowest BCUT2D eigenvalue weighted by molar-refractivity contribution is -0.117. The van der Waals surface area contributed by atoms with Gasteiger partial charge in [0.2, 0.25) is 0 Å². The summed E-state index contributed by atoms with van der Waals surface area (Å²) in [6.45, 7) is 3.57. The van der Waals surface area contributed by atoms with Crippen molar-refractivity contribution in [2.75, 3.05) is 0 Å². The summed E-state index contributed by atoms with van der Waals surface area (Å²) < 4.78 is 0. The molecule has 0 fully saturated rings. The fraction of sp³-hybridized carbons (Fsp3) is 0.333. The molecule has 0 atom stereocenters. The average Bonchev–Trinajstić information content (AvgIpc) is 1.80. The minimum Gasteiger partial charge on any atom is -0.265 e. The molecular weight excluding hydrogens is 116 g/mol. The van der Waals surface area contributed by atoms with Crippen LogP contribution in [0.5, 0.6) is 0 Å². The van der Waals surface area contributed by atoms with E-state index in [1.807, 2.05) is 0 Å². The Morgan fingerprint density at radius 3 is 2.56 bits per heavy atom. The third-order valence-electron chi connectivity index (χ3n) is 1.13. The number of carbonyl (C=O) groups is 1. The van der Waals surface area contributed by atoms with Gasteiger partial charge in [0, 0.05) is 0 Å². The van der Waals surface area contributed by atoms with E-state index < -0.39 is 5.91 Å². The van der Waals surface area contributed by atoms with Crippen molar-refractivity contribution in [1.82, 2.24) is 5.43 Å². The topological polar surface area (TPSA) is 43.5 Å². The molecule has 9 heavy (non-hydrogen) atoms. The summed E-state index contributed by atoms with van der Waals surface area (Å²) in [4.78, 5) is 10.4. The normalized spacial score (nSPS) is 18.2. The van der Waals surface area contributed by atoms with E-state index in [-0.39, 0.29) is 0 Å². The first-order chi connectivity index (χ1) is 4.20. The third kappa shape index (κ3) is 1.16. The van der Waals surface area contributed by atoms with E-state index in [4.69, 9.17) is 0 Å². The zero-order valence-corrected chi connectivity index (χ0v) is 5.30. The summed E-state index contributed by atoms with van der Waals surface area (Å²) >= 11 is 0. The lowest BCUT2D eigenvalue weighted by atomic mass is 10.2. The lowest BCUT2D eigenvalue weighted by Crippen LogP contribution is -2.16. The first kappa shape index (κ1) is 6.01. The molecule has 0 saturated carbocycles. The van der Waals surface area contributed by atoms with Crippen molar-refractivity contribution in [2.24, 2.45) is 5.10 Å². The first-order valence-electron chi connectivity index (χ1n) is 2.60. The van der Waals surface area contributed by atoms with Gasteiger partial charge >= 0.3 is 0 Å². The Morgan fingerprint density at radius 2 is 2.11 bits per heavy atom. The number of nitrogens with zero attached hydrogens (tertiary/aromatic N) is 2. The van der Waals surface area contributed by atoms with Gasteiger partial charge in [-0.2, -0.15) is 5.10 Å². The van der Waals surface area contributed by atoms with Crippen LogP contribution in [0.4, 0.5) is 0 Å². The largest absolute Gasteiger partial charge is 0.296 e. The van der Waals surface area contributed by atoms with Crippen molar-refractivity contribution in [3.8, 4) is 0 Å². The number of rotatable bonds is 0. The van der Waals surface area contributed by atoms with Gasteiger partial charge in [0.1, 0.15) is 0 Å². The second-order valence-electron chi connectivity index (χ2n) is 1.84. The number of allylic oxidation sites excluding steroid dienone is 1. The van der Waals surface area contributed by atoms with Crippen molar-refractivity contribution in [3.63, 3.8) is 0 Å². The zero-order valence-electron chi connectivity index (χ0n) is 5.30. The Hall–Kier alpha value is -1.12. The Morgan fingerprint density at radius 1 is 1.44 bits per heavy atom. The molecule has 3 heteroatoms. The second kappa shape index (κ2) is 2.01. The predicted octanol–water partition coefficient (Wildman–Crippen LogP) is 0.256. The highest BCUT2D eigenvalue weighted by molar-refractivity contribution is 6.04. The molecule has 0 unspecified atom stereocenters. The van der Waals surface area contributed by atoms with Crippen LogP contribution in [0.1, 0.15) is 13.8 Å². The Balaban J connectivity index is 2.87. The van der Waals surface area contributed by atoms with E-state index >= 15 is 0 Å². The Kier molecular flexibility index (Phi) is 1.34. The van der Waals surface area contributed by atoms with Crippen LogP contribution in [0.15, 0.2) is 10.7 Å². The molecule has 1 heterocycles. The molecule has 1 amide bonds. The van der Waals surface area contributed by atoms with Gasteiger partial charge in [-0.05, 0) is 19.4 Å². The van der Waals surface area contributed by atoms with Crippen LogP contribution >= 0.6 is 0 Å². The molecule has 0 bridgehead atoms. The number of hydrogen-bond donors (Lipinski definition) is 0. The van der Waals surface area contributed by atoms with Crippen LogP contribution in [0.3, 0.4) is 0 Å². The summed E-state index contributed by atoms with van der Waals surface area (Å²) in [7, 11) is 0. The standard InChI is InChI=1S/C6H6N2O/c1-4-3-6(9)8-7-5(4)2/h1-2H3. The van der Waals surface area contributed by atoms with Gasteiger partial charge in [-0.3, -0.25) is 4.79 Å². The summed E-state index contributed by atoms with van der Waals surface area (Å²) in [6, 6.07) is 0. The van der Waals surface area contributed by atoms with Crippen LogP contribution < -0.4 is 5.43 Å². The lowest BCUT2D eigenvalue weighted by Gasteiger charge is -2.02. The quantitative estimate of drug-likeness (QED) is 0.454. The molecule has 1 aliphatic rings. The predicted molar refractivity (Wildman–Crippen MR) is 32.7 cm³/mol. The van der Waals surface area contributed by atoms with E-state index in [1.54, 1.807) is 13.8 Å². The highest BCUT2D eigenvalue weighted by Gasteiger charge is 2.07. The van der Waals surface area contributed by atoms with Crippen LogP contribution in [0.25, 0.3) is 0 Å². The van der Waals surface area contributed by atoms with Crippen molar-refractivity contribution in [2.45, 2.75) is 13.8 Å². The number of carbonyl (C=O) groups excluding carboxylic acids is 1. The van der Waals surface area contributed by atoms with E-state index in [2.05, 4.69) is 16.6 Å². The summed E-state index contributed by atoms with van der Waals surface area (Å²) in [6.07, 6.45) is 2.51. The molecule has 0 saturated heterocycles. The van der Waals surface area contributed by atoms with Gasteiger partial charge in [0.25, 0.3) is 5.91 Å². The highest BCUT2D eigenvalue weighted by atomic mass is 16.2. The molecule has 0 aromatic heterocycles. The van der Waals surface area contributed by atoms with Crippen LogP contribution in [-0.4, -0.2) is 11.6 Å².